The van der Waals surface area contributed by atoms with Crippen molar-refractivity contribution >= 4 is 18.5 Å². The van der Waals surface area contributed by atoms with Crippen molar-refractivity contribution in [1.82, 2.24) is 0 Å². The summed E-state index contributed by atoms with van der Waals surface area (Å²) in [6.07, 6.45) is 16.5. The molecule has 2 aliphatic carbocycles. The molecule has 1 unspecified atom stereocenters. The molecule has 0 amide bonds. The molecular weight excluding hydrogens is 449 g/mol. The molecule has 0 saturated heterocycles. The molecule has 0 aliphatic heterocycles. The molecule has 0 spiro atoms. The van der Waals surface area contributed by atoms with Crippen LogP contribution in [0.25, 0.3) is 0 Å². The van der Waals surface area contributed by atoms with Crippen LogP contribution in [0, 0.1) is 62.9 Å². The van der Waals surface area contributed by atoms with Crippen molar-refractivity contribution in [2.45, 2.75) is 6.04 Å². The van der Waals surface area contributed by atoms with Crippen molar-refractivity contribution in [3.63, 3.8) is 0 Å². The summed E-state index contributed by atoms with van der Waals surface area (Å²) >= 11 is 0. The Morgan fingerprint density at radius 2 is 0.969 bits per heavy atom. The molecule has 5 rings (SSSR count). The van der Waals surface area contributed by atoms with Gasteiger partial charge in [0.25, 0.3) is 0 Å². The van der Waals surface area contributed by atoms with Crippen molar-refractivity contribution in [1.29, 1.82) is 0 Å². The van der Waals surface area contributed by atoms with E-state index >= 15 is 0 Å². The molecule has 10 radical (unpaired) electrons. The molecule has 2 fully saturated rings. The number of hydrogen-bond donors (Lipinski definition) is 1. The first kappa shape index (κ1) is 25.2. The zero-order valence-corrected chi connectivity index (χ0v) is 19.7. The second kappa shape index (κ2) is 13.3. The van der Waals surface area contributed by atoms with Gasteiger partial charge in [0.05, 0.1) is 0 Å². The monoisotopic (exact) mass is 475 g/mol. The van der Waals surface area contributed by atoms with E-state index in [0.717, 1.165) is 5.56 Å². The largest absolute Gasteiger partial charge is 0.323 e. The molecule has 3 heteroatoms. The molecular formula is C29H26FeNP. The maximum Gasteiger partial charge on any atom is 0.0371 e. The Balaban J connectivity index is 0.000000427. The summed E-state index contributed by atoms with van der Waals surface area (Å²) in [5.41, 5.74) is 9.16. The maximum absolute atomic E-state index is 6.67. The summed E-state index contributed by atoms with van der Waals surface area (Å²) in [5.74, 6) is 1.22. The molecule has 0 heterocycles. The van der Waals surface area contributed by atoms with Crippen molar-refractivity contribution < 1.29 is 17.1 Å². The summed E-state index contributed by atoms with van der Waals surface area (Å²) in [4.78, 5) is 0. The molecule has 2 saturated carbocycles. The Labute approximate surface area is 206 Å². The number of hydrogen-bond acceptors (Lipinski definition) is 1. The number of rotatable bonds is 5. The molecule has 32 heavy (non-hydrogen) atoms. The molecule has 1 nitrogen and oxygen atoms in total. The fraction of sp³-hybridized carbons (Fsp3) is 0.0345. The molecule has 0 aromatic heterocycles. The van der Waals surface area contributed by atoms with E-state index in [0.29, 0.717) is 0 Å². The van der Waals surface area contributed by atoms with Gasteiger partial charge in [0.15, 0.2) is 0 Å². The predicted octanol–water partition coefficient (Wildman–Crippen LogP) is 5.57. The van der Waals surface area contributed by atoms with Gasteiger partial charge < -0.3 is 5.73 Å². The number of benzene rings is 3. The Kier molecular flexibility index (Phi) is 10.5. The normalized spacial score (nSPS) is 17.4. The summed E-state index contributed by atoms with van der Waals surface area (Å²) in [7, 11) is -0.633. The van der Waals surface area contributed by atoms with Crippen molar-refractivity contribution in [2.24, 2.45) is 5.73 Å². The minimum atomic E-state index is -0.633. The van der Waals surface area contributed by atoms with Crippen LogP contribution in [0.4, 0.5) is 0 Å². The van der Waals surface area contributed by atoms with Crippen LogP contribution in [-0.4, -0.2) is 0 Å². The third kappa shape index (κ3) is 6.55. The summed E-state index contributed by atoms with van der Waals surface area (Å²) < 4.78 is 0. The van der Waals surface area contributed by atoms with Crippen molar-refractivity contribution in [2.75, 3.05) is 0 Å². The van der Waals surface area contributed by atoms with Crippen LogP contribution in [-0.2, 0) is 17.1 Å². The van der Waals surface area contributed by atoms with Gasteiger partial charge in [-0.1, -0.05) is 91.0 Å². The SMILES string of the molecule is NC([C]1[CH][CH][CH][C]1P(c1ccccc1)c1ccccc1)c1ccccc1.[CH]1[CH][CH][CH][CH]1.[Fe]. The van der Waals surface area contributed by atoms with Crippen molar-refractivity contribution in [3.8, 4) is 0 Å². The second-order valence-corrected chi connectivity index (χ2v) is 9.41. The molecule has 1 atom stereocenters. The summed E-state index contributed by atoms with van der Waals surface area (Å²) in [6.45, 7) is 0. The minimum absolute atomic E-state index is 0. The fourth-order valence-electron chi connectivity index (χ4n) is 3.63. The molecule has 2 aliphatic rings. The van der Waals surface area contributed by atoms with Gasteiger partial charge in [0, 0.05) is 34.7 Å². The van der Waals surface area contributed by atoms with Crippen LogP contribution in [0.3, 0.4) is 0 Å². The smallest absolute Gasteiger partial charge is 0.0371 e. The van der Waals surface area contributed by atoms with Crippen LogP contribution in [0.15, 0.2) is 91.0 Å². The van der Waals surface area contributed by atoms with E-state index in [2.05, 4.69) is 104 Å². The van der Waals surface area contributed by atoms with Gasteiger partial charge in [-0.05, 0) is 75.5 Å². The molecule has 2 N–H and O–H groups in total. The van der Waals surface area contributed by atoms with Gasteiger partial charge in [-0.25, -0.2) is 0 Å². The van der Waals surface area contributed by atoms with Gasteiger partial charge in [0.2, 0.25) is 0 Å². The van der Waals surface area contributed by atoms with Gasteiger partial charge in [0.1, 0.15) is 0 Å². The minimum Gasteiger partial charge on any atom is -0.323 e. The van der Waals surface area contributed by atoms with E-state index in [1.165, 1.54) is 22.2 Å². The van der Waals surface area contributed by atoms with Gasteiger partial charge >= 0.3 is 0 Å². The van der Waals surface area contributed by atoms with Gasteiger partial charge in [-0.15, -0.1) is 0 Å². The predicted molar refractivity (Wildman–Crippen MR) is 133 cm³/mol. The molecule has 3 aromatic carbocycles. The maximum atomic E-state index is 6.67. The third-order valence-electron chi connectivity index (χ3n) is 5.14. The average molecular weight is 475 g/mol. The van der Waals surface area contributed by atoms with E-state index in [1.807, 2.05) is 38.2 Å². The fourth-order valence-corrected chi connectivity index (χ4v) is 6.14. The van der Waals surface area contributed by atoms with E-state index < -0.39 is 7.92 Å². The van der Waals surface area contributed by atoms with Gasteiger partial charge in [-0.2, -0.15) is 0 Å². The molecule has 3 aromatic rings. The Bertz CT molecular complexity index is 836. The van der Waals surface area contributed by atoms with Crippen LogP contribution in [0.1, 0.15) is 11.6 Å². The number of nitrogens with two attached hydrogens (primary N) is 1. The molecule has 160 valence electrons. The summed E-state index contributed by atoms with van der Waals surface area (Å²) in [6, 6.07) is 31.8. The Morgan fingerprint density at radius 1 is 0.531 bits per heavy atom. The first-order chi connectivity index (χ1) is 15.3. The van der Waals surface area contributed by atoms with Crippen LogP contribution in [0.2, 0.25) is 0 Å². The van der Waals surface area contributed by atoms with E-state index in [9.17, 15) is 0 Å². The van der Waals surface area contributed by atoms with Crippen LogP contribution in [0.5, 0.6) is 0 Å². The Hall–Kier alpha value is -1.43. The summed E-state index contributed by atoms with van der Waals surface area (Å²) in [5, 5.41) is 2.70. The molecule has 0 bridgehead atoms. The topological polar surface area (TPSA) is 26.0 Å². The standard InChI is InChI=1S/C24H21NP.C5H5.Fe/c25-24(19-11-4-1-5-12-19)22-17-10-18-23(22)26(20-13-6-2-7-14-20)21-15-8-3-9-16-21;1-2-4-5-3-1;/h1-18,24H,25H2;1-5H;. The van der Waals surface area contributed by atoms with E-state index in [4.69, 9.17) is 5.73 Å². The third-order valence-corrected chi connectivity index (χ3v) is 7.66. The quantitative estimate of drug-likeness (QED) is 0.379. The van der Waals surface area contributed by atoms with Crippen LogP contribution >= 0.6 is 7.92 Å². The van der Waals surface area contributed by atoms with Crippen molar-refractivity contribution in [3.05, 3.63) is 160 Å². The van der Waals surface area contributed by atoms with Crippen LogP contribution < -0.4 is 16.3 Å². The van der Waals surface area contributed by atoms with E-state index in [-0.39, 0.29) is 23.1 Å². The zero-order valence-electron chi connectivity index (χ0n) is 17.7. The second-order valence-electron chi connectivity index (χ2n) is 7.22. The van der Waals surface area contributed by atoms with Gasteiger partial charge in [-0.3, -0.25) is 0 Å². The first-order valence-corrected chi connectivity index (χ1v) is 11.8. The zero-order chi connectivity index (χ0) is 21.3. The first-order valence-electron chi connectivity index (χ1n) is 10.5. The Morgan fingerprint density at radius 3 is 1.44 bits per heavy atom. The average Bonchev–Trinajstić information content (AvgIpc) is 3.57. The van der Waals surface area contributed by atoms with E-state index in [1.54, 1.807) is 0 Å².